The summed E-state index contributed by atoms with van der Waals surface area (Å²) in [6, 6.07) is 8.88. The smallest absolute Gasteiger partial charge is 0.244 e. The second-order valence-corrected chi connectivity index (χ2v) is 6.71. The minimum Gasteiger partial charge on any atom is -0.345 e. The van der Waals surface area contributed by atoms with Crippen LogP contribution in [0.15, 0.2) is 54.1 Å². The van der Waals surface area contributed by atoms with Crippen LogP contribution < -0.4 is 5.32 Å². The van der Waals surface area contributed by atoms with Crippen molar-refractivity contribution in [1.29, 1.82) is 0 Å². The molecule has 1 aromatic carbocycles. The number of benzene rings is 1. The number of carbonyl (C=O) groups excluding carboxylic acids is 3. The zero-order valence-electron chi connectivity index (χ0n) is 14.4. The molecular formula is C19H22N2O3S. The van der Waals surface area contributed by atoms with Gasteiger partial charge in [0.1, 0.15) is 6.04 Å². The van der Waals surface area contributed by atoms with Crippen molar-refractivity contribution in [3.05, 3.63) is 59.7 Å². The van der Waals surface area contributed by atoms with E-state index in [0.717, 1.165) is 17.3 Å². The minimum atomic E-state index is -0.648. The summed E-state index contributed by atoms with van der Waals surface area (Å²) >= 11 is 1.07. The van der Waals surface area contributed by atoms with Gasteiger partial charge in [0.05, 0.1) is 6.54 Å². The van der Waals surface area contributed by atoms with Crippen LogP contribution in [0, 0.1) is 0 Å². The van der Waals surface area contributed by atoms with Gasteiger partial charge in [0.2, 0.25) is 16.9 Å². The Morgan fingerprint density at radius 3 is 2.72 bits per heavy atom. The minimum absolute atomic E-state index is 0.000997. The normalized spacial score (nSPS) is 18.6. The molecule has 0 spiro atoms. The fourth-order valence-corrected chi connectivity index (χ4v) is 3.35. The van der Waals surface area contributed by atoms with Gasteiger partial charge in [-0.1, -0.05) is 60.3 Å². The van der Waals surface area contributed by atoms with Crippen LogP contribution in [-0.2, 0) is 20.9 Å². The zero-order chi connectivity index (χ0) is 18.2. The van der Waals surface area contributed by atoms with Crippen molar-refractivity contribution >= 4 is 28.7 Å². The van der Waals surface area contributed by atoms with E-state index in [2.05, 4.69) is 5.32 Å². The van der Waals surface area contributed by atoms with E-state index < -0.39 is 6.04 Å². The monoisotopic (exact) mass is 358 g/mol. The summed E-state index contributed by atoms with van der Waals surface area (Å²) in [5, 5.41) is 2.51. The molecule has 1 heterocycles. The van der Waals surface area contributed by atoms with Gasteiger partial charge in [-0.25, -0.2) is 0 Å². The molecular weight excluding hydrogens is 336 g/mol. The number of thioether (sulfide) groups is 1. The highest BCUT2D eigenvalue weighted by atomic mass is 32.2. The van der Waals surface area contributed by atoms with E-state index in [1.165, 1.54) is 0 Å². The topological polar surface area (TPSA) is 66.5 Å². The van der Waals surface area contributed by atoms with Crippen molar-refractivity contribution < 1.29 is 14.4 Å². The van der Waals surface area contributed by atoms with Gasteiger partial charge in [0.25, 0.3) is 0 Å². The lowest BCUT2D eigenvalue weighted by atomic mass is 10.1. The van der Waals surface area contributed by atoms with Gasteiger partial charge in [0.15, 0.2) is 0 Å². The van der Waals surface area contributed by atoms with Gasteiger partial charge in [-0.05, 0) is 19.4 Å². The summed E-state index contributed by atoms with van der Waals surface area (Å²) < 4.78 is 0. The number of piperazine rings is 1. The van der Waals surface area contributed by atoms with Crippen molar-refractivity contribution in [1.82, 2.24) is 10.2 Å². The molecule has 0 aliphatic carbocycles. The van der Waals surface area contributed by atoms with E-state index in [9.17, 15) is 14.4 Å². The summed E-state index contributed by atoms with van der Waals surface area (Å²) in [6.07, 6.45) is 5.38. The molecule has 5 nitrogen and oxygen atoms in total. The molecule has 1 fully saturated rings. The molecule has 25 heavy (non-hydrogen) atoms. The Kier molecular flexibility index (Phi) is 7.01. The molecule has 6 heteroatoms. The largest absolute Gasteiger partial charge is 0.345 e. The third-order valence-corrected chi connectivity index (χ3v) is 4.91. The quantitative estimate of drug-likeness (QED) is 0.626. The molecule has 0 radical (unpaired) electrons. The Balaban J connectivity index is 2.07. The molecule has 132 valence electrons. The van der Waals surface area contributed by atoms with Crippen LogP contribution in [0.5, 0.6) is 0 Å². The molecule has 1 aromatic rings. The predicted octanol–water partition coefficient (Wildman–Crippen LogP) is 2.30. The Labute approximate surface area is 152 Å². The summed E-state index contributed by atoms with van der Waals surface area (Å²) in [6.45, 7) is 3.98. The van der Waals surface area contributed by atoms with E-state index in [-0.39, 0.29) is 29.2 Å². The van der Waals surface area contributed by atoms with E-state index in [0.29, 0.717) is 12.1 Å². The SMILES string of the molecule is C/C=C\C=C(/C)C(=O)SC[C@H]1C(=O)NCC(=O)N1Cc1ccccc1. The molecule has 0 aromatic heterocycles. The van der Waals surface area contributed by atoms with E-state index in [4.69, 9.17) is 0 Å². The van der Waals surface area contributed by atoms with Gasteiger partial charge in [0, 0.05) is 17.9 Å². The molecule has 1 N–H and O–H groups in total. The third-order valence-electron chi connectivity index (χ3n) is 3.84. The highest BCUT2D eigenvalue weighted by Gasteiger charge is 2.34. The molecule has 2 amide bonds. The first-order valence-electron chi connectivity index (χ1n) is 8.10. The number of nitrogens with one attached hydrogen (secondary N) is 1. The van der Waals surface area contributed by atoms with E-state index in [1.807, 2.05) is 43.3 Å². The highest BCUT2D eigenvalue weighted by molar-refractivity contribution is 8.14. The van der Waals surface area contributed by atoms with Gasteiger partial charge in [-0.2, -0.15) is 0 Å². The number of rotatable bonds is 6. The lowest BCUT2D eigenvalue weighted by molar-refractivity contribution is -0.145. The third kappa shape index (κ3) is 5.32. The fraction of sp³-hybridized carbons (Fsp3) is 0.316. The Hall–Kier alpha value is -2.34. The summed E-state index contributed by atoms with van der Waals surface area (Å²) in [5.41, 5.74) is 1.57. The molecule has 1 aliphatic heterocycles. The summed E-state index contributed by atoms with van der Waals surface area (Å²) in [5.74, 6) is -0.113. The standard InChI is InChI=1S/C19H22N2O3S/c1-3-4-8-14(2)19(24)25-13-16-18(23)20-11-17(22)21(16)12-15-9-6-5-7-10-15/h3-10,16H,11-13H2,1-2H3,(H,20,23)/b4-3-,14-8+/t16-/m0/s1. The summed E-state index contributed by atoms with van der Waals surface area (Å²) in [7, 11) is 0. The zero-order valence-corrected chi connectivity index (χ0v) is 15.2. The average Bonchev–Trinajstić information content (AvgIpc) is 2.62. The molecule has 1 atom stereocenters. The number of carbonyl (C=O) groups is 3. The van der Waals surface area contributed by atoms with Crippen LogP contribution in [0.1, 0.15) is 19.4 Å². The second-order valence-electron chi connectivity index (χ2n) is 5.71. The number of hydrogen-bond acceptors (Lipinski definition) is 4. The van der Waals surface area contributed by atoms with Crippen molar-refractivity contribution in [2.75, 3.05) is 12.3 Å². The summed E-state index contributed by atoms with van der Waals surface area (Å²) in [4.78, 5) is 38.2. The lowest BCUT2D eigenvalue weighted by Gasteiger charge is -2.34. The van der Waals surface area contributed by atoms with Gasteiger partial charge in [-0.3, -0.25) is 14.4 Å². The van der Waals surface area contributed by atoms with Gasteiger partial charge in [-0.15, -0.1) is 0 Å². The van der Waals surface area contributed by atoms with E-state index >= 15 is 0 Å². The second kappa shape index (κ2) is 9.22. The number of nitrogens with zero attached hydrogens (tertiary/aromatic N) is 1. The van der Waals surface area contributed by atoms with Gasteiger partial charge < -0.3 is 10.2 Å². The fourth-order valence-electron chi connectivity index (χ4n) is 2.42. The first kappa shape index (κ1) is 19.0. The maximum absolute atomic E-state index is 12.3. The van der Waals surface area contributed by atoms with Crippen LogP contribution in [-0.4, -0.2) is 40.2 Å². The van der Waals surface area contributed by atoms with Crippen LogP contribution in [0.2, 0.25) is 0 Å². The van der Waals surface area contributed by atoms with Crippen LogP contribution >= 0.6 is 11.8 Å². The Morgan fingerprint density at radius 1 is 1.32 bits per heavy atom. The molecule has 1 aliphatic rings. The molecule has 0 unspecified atom stereocenters. The lowest BCUT2D eigenvalue weighted by Crippen LogP contribution is -2.59. The molecule has 0 saturated carbocycles. The van der Waals surface area contributed by atoms with Crippen LogP contribution in [0.3, 0.4) is 0 Å². The molecule has 1 saturated heterocycles. The first-order valence-corrected chi connectivity index (χ1v) is 9.09. The highest BCUT2D eigenvalue weighted by Crippen LogP contribution is 2.19. The van der Waals surface area contributed by atoms with Crippen molar-refractivity contribution in [3.63, 3.8) is 0 Å². The average molecular weight is 358 g/mol. The Bertz CT molecular complexity index is 698. The maximum Gasteiger partial charge on any atom is 0.244 e. The first-order chi connectivity index (χ1) is 12.0. The van der Waals surface area contributed by atoms with Crippen molar-refractivity contribution in [2.24, 2.45) is 0 Å². The van der Waals surface area contributed by atoms with Crippen molar-refractivity contribution in [2.45, 2.75) is 26.4 Å². The van der Waals surface area contributed by atoms with Crippen LogP contribution in [0.4, 0.5) is 0 Å². The number of hydrogen-bond donors (Lipinski definition) is 1. The molecule has 0 bridgehead atoms. The maximum atomic E-state index is 12.3. The number of amides is 2. The Morgan fingerprint density at radius 2 is 2.04 bits per heavy atom. The molecule has 2 rings (SSSR count). The number of allylic oxidation sites excluding steroid dienone is 3. The predicted molar refractivity (Wildman–Crippen MR) is 99.8 cm³/mol. The van der Waals surface area contributed by atoms with Crippen LogP contribution in [0.25, 0.3) is 0 Å². The van der Waals surface area contributed by atoms with Crippen molar-refractivity contribution in [3.8, 4) is 0 Å². The van der Waals surface area contributed by atoms with E-state index in [1.54, 1.807) is 24.0 Å². The van der Waals surface area contributed by atoms with Gasteiger partial charge >= 0.3 is 0 Å².